The number of rotatable bonds is 1. The summed E-state index contributed by atoms with van der Waals surface area (Å²) in [6.45, 7) is 1.18. The van der Waals surface area contributed by atoms with Gasteiger partial charge in [-0.05, 0) is 18.5 Å². The lowest BCUT2D eigenvalue weighted by Crippen LogP contribution is -2.34. The maximum absolute atomic E-state index is 3.36. The average Bonchev–Trinajstić information content (AvgIpc) is 1.86. The van der Waals surface area contributed by atoms with Crippen molar-refractivity contribution >= 4 is 12.4 Å². The third kappa shape index (κ3) is 1.73. The van der Waals surface area contributed by atoms with E-state index < -0.39 is 0 Å². The zero-order chi connectivity index (χ0) is 6.81. The lowest BCUT2D eigenvalue weighted by atomic mass is 9.98. The van der Waals surface area contributed by atoms with Gasteiger partial charge in [-0.3, -0.25) is 0 Å². The van der Waals surface area contributed by atoms with Crippen LogP contribution in [-0.2, 0) is 0 Å². The third-order valence-corrected chi connectivity index (χ3v) is 2.03. The molecule has 11 heavy (non-hydrogen) atoms. The summed E-state index contributed by atoms with van der Waals surface area (Å²) in [4.78, 5) is 0. The molecule has 1 aliphatic heterocycles. The second kappa shape index (κ2) is 3.74. The molecule has 0 aromatic heterocycles. The lowest BCUT2D eigenvalue weighted by Gasteiger charge is -2.27. The van der Waals surface area contributed by atoms with E-state index in [1.165, 1.54) is 18.5 Å². The number of hydrogen-bond acceptors (Lipinski definition) is 1. The standard InChI is InChI=1S/C9H11N.ClH/c1-2-4-8(5-3-1)9-6-7-10-9;/h1-5,9-10H,6-7H2;1H/t9-;/m0./s1. The van der Waals surface area contributed by atoms with Crippen LogP contribution in [-0.4, -0.2) is 6.54 Å². The smallest absolute Gasteiger partial charge is 0.0332 e. The van der Waals surface area contributed by atoms with Crippen LogP contribution in [0.25, 0.3) is 0 Å². The van der Waals surface area contributed by atoms with E-state index >= 15 is 0 Å². The Kier molecular flexibility index (Phi) is 2.92. The van der Waals surface area contributed by atoms with Gasteiger partial charge < -0.3 is 5.32 Å². The van der Waals surface area contributed by atoms with Gasteiger partial charge >= 0.3 is 0 Å². The Balaban J connectivity index is 0.000000605. The molecule has 2 heteroatoms. The Hall–Kier alpha value is -0.530. The molecular formula is C9H12ClN. The van der Waals surface area contributed by atoms with Gasteiger partial charge in [-0.15, -0.1) is 12.4 Å². The first-order chi connectivity index (χ1) is 4.97. The van der Waals surface area contributed by atoms with Crippen LogP contribution in [0.2, 0.25) is 0 Å². The lowest BCUT2D eigenvalue weighted by molar-refractivity contribution is 0.383. The highest BCUT2D eigenvalue weighted by molar-refractivity contribution is 5.85. The van der Waals surface area contributed by atoms with E-state index in [1.807, 2.05) is 0 Å². The number of halogens is 1. The fourth-order valence-corrected chi connectivity index (χ4v) is 1.26. The van der Waals surface area contributed by atoms with Crippen LogP contribution in [0.5, 0.6) is 0 Å². The predicted octanol–water partition coefficient (Wildman–Crippen LogP) is 2.14. The normalized spacial score (nSPS) is 21.6. The maximum atomic E-state index is 3.36. The van der Waals surface area contributed by atoms with Gasteiger partial charge in [0.05, 0.1) is 0 Å². The molecule has 0 spiro atoms. The van der Waals surface area contributed by atoms with Crippen molar-refractivity contribution in [3.63, 3.8) is 0 Å². The molecule has 60 valence electrons. The molecule has 1 heterocycles. The highest BCUT2D eigenvalue weighted by atomic mass is 35.5. The van der Waals surface area contributed by atoms with Gasteiger partial charge in [0.15, 0.2) is 0 Å². The Labute approximate surface area is 73.2 Å². The van der Waals surface area contributed by atoms with E-state index in [2.05, 4.69) is 35.6 Å². The molecule has 0 unspecified atom stereocenters. The van der Waals surface area contributed by atoms with Crippen molar-refractivity contribution in [1.29, 1.82) is 0 Å². The first-order valence-electron chi connectivity index (χ1n) is 3.75. The van der Waals surface area contributed by atoms with Crippen molar-refractivity contribution in [2.75, 3.05) is 6.54 Å². The Bertz CT molecular complexity index is 206. The summed E-state index contributed by atoms with van der Waals surface area (Å²) in [5.41, 5.74) is 1.42. The summed E-state index contributed by atoms with van der Waals surface area (Å²) >= 11 is 0. The molecule has 1 atom stereocenters. The van der Waals surface area contributed by atoms with Gasteiger partial charge in [-0.1, -0.05) is 30.3 Å². The fourth-order valence-electron chi connectivity index (χ4n) is 1.26. The Morgan fingerprint density at radius 1 is 1.18 bits per heavy atom. The molecule has 0 amide bonds. The van der Waals surface area contributed by atoms with Gasteiger partial charge in [0.25, 0.3) is 0 Å². The van der Waals surface area contributed by atoms with Crippen molar-refractivity contribution < 1.29 is 0 Å². The van der Waals surface area contributed by atoms with Crippen LogP contribution in [0, 0.1) is 0 Å². The second-order valence-corrected chi connectivity index (χ2v) is 2.71. The topological polar surface area (TPSA) is 12.0 Å². The average molecular weight is 170 g/mol. The molecule has 1 aromatic rings. The van der Waals surface area contributed by atoms with E-state index in [4.69, 9.17) is 0 Å². The van der Waals surface area contributed by atoms with Crippen LogP contribution in [0.1, 0.15) is 18.0 Å². The predicted molar refractivity (Wildman–Crippen MR) is 49.1 cm³/mol. The van der Waals surface area contributed by atoms with E-state index in [9.17, 15) is 0 Å². The van der Waals surface area contributed by atoms with Crippen molar-refractivity contribution in [1.82, 2.24) is 5.32 Å². The summed E-state index contributed by atoms with van der Waals surface area (Å²) in [7, 11) is 0. The van der Waals surface area contributed by atoms with E-state index in [0.717, 1.165) is 0 Å². The Morgan fingerprint density at radius 2 is 1.82 bits per heavy atom. The third-order valence-electron chi connectivity index (χ3n) is 2.03. The van der Waals surface area contributed by atoms with E-state index in [-0.39, 0.29) is 12.4 Å². The summed E-state index contributed by atoms with van der Waals surface area (Å²) in [5, 5.41) is 3.36. The molecule has 0 radical (unpaired) electrons. The highest BCUT2D eigenvalue weighted by Crippen LogP contribution is 2.21. The molecule has 1 aromatic carbocycles. The minimum absolute atomic E-state index is 0. The van der Waals surface area contributed by atoms with Crippen LogP contribution < -0.4 is 5.32 Å². The van der Waals surface area contributed by atoms with Gasteiger partial charge in [0.2, 0.25) is 0 Å². The summed E-state index contributed by atoms with van der Waals surface area (Å²) in [6.07, 6.45) is 1.30. The van der Waals surface area contributed by atoms with E-state index in [1.54, 1.807) is 0 Å². The fraction of sp³-hybridized carbons (Fsp3) is 0.333. The minimum atomic E-state index is 0. The maximum Gasteiger partial charge on any atom is 0.0332 e. The molecule has 0 bridgehead atoms. The van der Waals surface area contributed by atoms with Gasteiger partial charge in [-0.2, -0.15) is 0 Å². The minimum Gasteiger partial charge on any atom is -0.310 e. The summed E-state index contributed by atoms with van der Waals surface area (Å²) in [5.74, 6) is 0. The molecule has 1 fully saturated rings. The van der Waals surface area contributed by atoms with Crippen molar-refractivity contribution in [3.05, 3.63) is 35.9 Å². The summed E-state index contributed by atoms with van der Waals surface area (Å²) < 4.78 is 0. The molecule has 2 rings (SSSR count). The van der Waals surface area contributed by atoms with Crippen molar-refractivity contribution in [3.8, 4) is 0 Å². The zero-order valence-corrected chi connectivity index (χ0v) is 7.10. The first kappa shape index (κ1) is 8.57. The van der Waals surface area contributed by atoms with Crippen molar-refractivity contribution in [2.24, 2.45) is 0 Å². The van der Waals surface area contributed by atoms with Crippen LogP contribution in [0.4, 0.5) is 0 Å². The summed E-state index contributed by atoms with van der Waals surface area (Å²) in [6, 6.07) is 11.2. The molecule has 1 N–H and O–H groups in total. The van der Waals surface area contributed by atoms with Crippen molar-refractivity contribution in [2.45, 2.75) is 12.5 Å². The van der Waals surface area contributed by atoms with Gasteiger partial charge in [0, 0.05) is 6.04 Å². The largest absolute Gasteiger partial charge is 0.310 e. The molecule has 1 saturated heterocycles. The highest BCUT2D eigenvalue weighted by Gasteiger charge is 2.16. The van der Waals surface area contributed by atoms with Crippen LogP contribution in [0.3, 0.4) is 0 Å². The van der Waals surface area contributed by atoms with Crippen LogP contribution in [0.15, 0.2) is 30.3 Å². The number of benzene rings is 1. The number of hydrogen-bond donors (Lipinski definition) is 1. The molecule has 0 saturated carbocycles. The van der Waals surface area contributed by atoms with E-state index in [0.29, 0.717) is 6.04 Å². The van der Waals surface area contributed by atoms with Gasteiger partial charge in [-0.25, -0.2) is 0 Å². The molecular weight excluding hydrogens is 158 g/mol. The number of nitrogens with one attached hydrogen (secondary N) is 1. The van der Waals surface area contributed by atoms with Crippen LogP contribution >= 0.6 is 12.4 Å². The first-order valence-corrected chi connectivity index (χ1v) is 3.75. The molecule has 1 aliphatic rings. The quantitative estimate of drug-likeness (QED) is 0.680. The van der Waals surface area contributed by atoms with Gasteiger partial charge in [0.1, 0.15) is 0 Å². The zero-order valence-electron chi connectivity index (χ0n) is 6.29. The Morgan fingerprint density at radius 3 is 2.27 bits per heavy atom. The SMILES string of the molecule is Cl.c1ccc([C@@H]2CCN2)cc1. The molecule has 1 nitrogen and oxygen atoms in total. The monoisotopic (exact) mass is 169 g/mol. The molecule has 0 aliphatic carbocycles. The second-order valence-electron chi connectivity index (χ2n) is 2.71.